The molecule has 0 atom stereocenters. The molecular formula is C32H32ClN3O4. The number of nitrogens with two attached hydrogens (primary N) is 1. The molecule has 3 N–H and O–H groups in total. The number of carbonyl (C=O) groups is 2. The van der Waals surface area contributed by atoms with Gasteiger partial charge in [0.05, 0.1) is 18.4 Å². The molecule has 0 spiro atoms. The van der Waals surface area contributed by atoms with E-state index in [9.17, 15) is 9.59 Å². The number of hydrogen-bond donors (Lipinski definition) is 2. The van der Waals surface area contributed by atoms with Crippen LogP contribution in [0.15, 0.2) is 84.9 Å². The van der Waals surface area contributed by atoms with Gasteiger partial charge >= 0.3 is 5.97 Å². The van der Waals surface area contributed by atoms with Crippen molar-refractivity contribution in [2.45, 2.75) is 19.3 Å². The van der Waals surface area contributed by atoms with E-state index in [4.69, 9.17) is 26.8 Å². The van der Waals surface area contributed by atoms with Crippen molar-refractivity contribution in [2.24, 2.45) is 5.73 Å². The number of halogens is 1. The van der Waals surface area contributed by atoms with Crippen LogP contribution in [0, 0.1) is 6.92 Å². The van der Waals surface area contributed by atoms with E-state index in [1.807, 2.05) is 36.4 Å². The highest BCUT2D eigenvalue weighted by atomic mass is 35.5. The van der Waals surface area contributed by atoms with Crippen LogP contribution >= 0.6 is 11.6 Å². The number of aromatic nitrogens is 1. The molecule has 0 bridgehead atoms. The van der Waals surface area contributed by atoms with Gasteiger partial charge in [-0.1, -0.05) is 84.4 Å². The molecule has 40 heavy (non-hydrogen) atoms. The lowest BCUT2D eigenvalue weighted by molar-refractivity contribution is 0.0600. The monoisotopic (exact) mass is 557 g/mol. The Balaban J connectivity index is 1.73. The minimum Gasteiger partial charge on any atom is -0.476 e. The minimum absolute atomic E-state index is 0.0739. The van der Waals surface area contributed by atoms with E-state index in [1.165, 1.54) is 7.11 Å². The molecule has 0 saturated heterocycles. The molecule has 8 heteroatoms. The number of methoxy groups -OCH3 is 1. The zero-order valence-electron chi connectivity index (χ0n) is 22.5. The highest BCUT2D eigenvalue weighted by molar-refractivity contribution is 6.31. The largest absolute Gasteiger partial charge is 0.476 e. The van der Waals surface area contributed by atoms with Crippen molar-refractivity contribution in [1.29, 1.82) is 0 Å². The highest BCUT2D eigenvalue weighted by Gasteiger charge is 2.29. The number of hydrogen-bond acceptors (Lipinski definition) is 6. The lowest BCUT2D eigenvalue weighted by Gasteiger charge is -2.21. The first kappa shape index (κ1) is 28.8. The summed E-state index contributed by atoms with van der Waals surface area (Å²) in [6.45, 7) is 2.40. The summed E-state index contributed by atoms with van der Waals surface area (Å²) in [6.07, 6.45) is 0.647. The Morgan fingerprint density at radius 1 is 0.950 bits per heavy atom. The summed E-state index contributed by atoms with van der Waals surface area (Å²) in [5.74, 6) is -0.886. The molecule has 1 amide bonds. The van der Waals surface area contributed by atoms with Gasteiger partial charge in [-0.2, -0.15) is 0 Å². The summed E-state index contributed by atoms with van der Waals surface area (Å²) in [6, 6.07) is 27.3. The summed E-state index contributed by atoms with van der Waals surface area (Å²) < 4.78 is 10.9. The van der Waals surface area contributed by atoms with Crippen LogP contribution in [0.4, 0.5) is 0 Å². The second-order valence-corrected chi connectivity index (χ2v) is 9.62. The van der Waals surface area contributed by atoms with Gasteiger partial charge in [0.1, 0.15) is 12.2 Å². The van der Waals surface area contributed by atoms with E-state index in [2.05, 4.69) is 34.6 Å². The van der Waals surface area contributed by atoms with Crippen LogP contribution in [0.2, 0.25) is 5.02 Å². The number of esters is 1. The number of aryl methyl sites for hydroxylation is 1. The number of nitrogens with zero attached hydrogens (tertiary/aromatic N) is 1. The highest BCUT2D eigenvalue weighted by Crippen LogP contribution is 2.36. The van der Waals surface area contributed by atoms with Crippen molar-refractivity contribution >= 4 is 23.5 Å². The first-order chi connectivity index (χ1) is 19.4. The minimum atomic E-state index is -0.618. The van der Waals surface area contributed by atoms with Crippen molar-refractivity contribution in [3.05, 3.63) is 118 Å². The average Bonchev–Trinajstić information content (AvgIpc) is 2.98. The molecule has 0 fully saturated rings. The number of benzene rings is 3. The van der Waals surface area contributed by atoms with E-state index in [-0.39, 0.29) is 36.1 Å². The Morgan fingerprint density at radius 3 is 2.17 bits per heavy atom. The molecule has 1 aromatic heterocycles. The zero-order chi connectivity index (χ0) is 28.5. The standard InChI is InChI=1S/C32H32ClN3O4/c1-21-27(32(38)39-2)28(24-14-9-15-25(33)20-24)29(31(36-21)40-19-17-34)30(37)35-18-16-26(22-10-5-3-6-11-22)23-12-7-4-8-13-23/h3-15,20,26H,16-19,34H2,1-2H3,(H,35,37). The molecule has 0 saturated carbocycles. The van der Waals surface area contributed by atoms with Crippen LogP contribution in [-0.4, -0.2) is 43.7 Å². The first-order valence-corrected chi connectivity index (χ1v) is 13.4. The average molecular weight is 558 g/mol. The molecule has 206 valence electrons. The number of rotatable bonds is 11. The normalized spacial score (nSPS) is 10.8. The Bertz CT molecular complexity index is 1420. The van der Waals surface area contributed by atoms with Gasteiger partial charge in [-0.15, -0.1) is 0 Å². The van der Waals surface area contributed by atoms with Gasteiger partial charge in [-0.25, -0.2) is 9.78 Å². The first-order valence-electron chi connectivity index (χ1n) is 13.0. The SMILES string of the molecule is COC(=O)c1c(C)nc(OCCN)c(C(=O)NCCC(c2ccccc2)c2ccccc2)c1-c1cccc(Cl)c1. The van der Waals surface area contributed by atoms with Gasteiger partial charge in [0.25, 0.3) is 5.91 Å². The molecular weight excluding hydrogens is 526 g/mol. The van der Waals surface area contributed by atoms with E-state index in [0.29, 0.717) is 34.8 Å². The fourth-order valence-corrected chi connectivity index (χ4v) is 4.94. The summed E-state index contributed by atoms with van der Waals surface area (Å²) >= 11 is 6.31. The Morgan fingerprint density at radius 2 is 1.60 bits per heavy atom. The molecule has 4 aromatic rings. The maximum atomic E-state index is 13.9. The van der Waals surface area contributed by atoms with E-state index < -0.39 is 11.9 Å². The van der Waals surface area contributed by atoms with Crippen molar-refractivity contribution < 1.29 is 19.1 Å². The van der Waals surface area contributed by atoms with Crippen molar-refractivity contribution in [2.75, 3.05) is 26.8 Å². The van der Waals surface area contributed by atoms with Crippen molar-refractivity contribution in [3.63, 3.8) is 0 Å². The number of ether oxygens (including phenoxy) is 2. The van der Waals surface area contributed by atoms with Gasteiger partial charge in [-0.05, 0) is 42.2 Å². The number of carbonyl (C=O) groups excluding carboxylic acids is 2. The molecule has 0 radical (unpaired) electrons. The molecule has 4 rings (SSSR count). The molecule has 0 aliphatic heterocycles. The van der Waals surface area contributed by atoms with Gasteiger partial charge in [0.2, 0.25) is 5.88 Å². The lowest BCUT2D eigenvalue weighted by Crippen LogP contribution is -2.29. The van der Waals surface area contributed by atoms with Crippen molar-refractivity contribution in [3.8, 4) is 17.0 Å². The molecule has 0 aliphatic carbocycles. The fraction of sp³-hybridized carbons (Fsp3) is 0.219. The zero-order valence-corrected chi connectivity index (χ0v) is 23.3. The van der Waals surface area contributed by atoms with Gasteiger partial charge < -0.3 is 20.5 Å². The Labute approximate surface area is 239 Å². The number of pyridine rings is 1. The lowest BCUT2D eigenvalue weighted by atomic mass is 9.88. The van der Waals surface area contributed by atoms with Crippen molar-refractivity contribution in [1.82, 2.24) is 10.3 Å². The van der Waals surface area contributed by atoms with Crippen LogP contribution in [-0.2, 0) is 4.74 Å². The molecule has 0 unspecified atom stereocenters. The summed E-state index contributed by atoms with van der Waals surface area (Å²) in [7, 11) is 1.29. The topological polar surface area (TPSA) is 104 Å². The van der Waals surface area contributed by atoms with Crippen LogP contribution < -0.4 is 15.8 Å². The van der Waals surface area contributed by atoms with Gasteiger partial charge in [0.15, 0.2) is 0 Å². The van der Waals surface area contributed by atoms with Crippen LogP contribution in [0.25, 0.3) is 11.1 Å². The second-order valence-electron chi connectivity index (χ2n) is 9.18. The van der Waals surface area contributed by atoms with Crippen LogP contribution in [0.1, 0.15) is 49.9 Å². The third-order valence-electron chi connectivity index (χ3n) is 6.55. The Hall–Kier alpha value is -4.20. The Kier molecular flexibility index (Phi) is 9.89. The van der Waals surface area contributed by atoms with E-state index in [1.54, 1.807) is 31.2 Å². The smallest absolute Gasteiger partial charge is 0.340 e. The summed E-state index contributed by atoms with van der Waals surface area (Å²) in [5, 5.41) is 3.49. The second kappa shape index (κ2) is 13.7. The molecule has 3 aromatic carbocycles. The molecule has 1 heterocycles. The third-order valence-corrected chi connectivity index (χ3v) is 6.79. The van der Waals surface area contributed by atoms with Crippen LogP contribution in [0.3, 0.4) is 0 Å². The number of nitrogens with one attached hydrogen (secondary N) is 1. The maximum Gasteiger partial charge on any atom is 0.340 e. The molecule has 0 aliphatic rings. The summed E-state index contributed by atoms with van der Waals surface area (Å²) in [5.41, 5.74) is 9.55. The van der Waals surface area contributed by atoms with E-state index >= 15 is 0 Å². The number of amides is 1. The van der Waals surface area contributed by atoms with Gasteiger partial charge in [-0.3, -0.25) is 4.79 Å². The molecule has 7 nitrogen and oxygen atoms in total. The predicted molar refractivity (Wildman–Crippen MR) is 157 cm³/mol. The third kappa shape index (κ3) is 6.68. The van der Waals surface area contributed by atoms with Gasteiger partial charge in [0, 0.05) is 29.6 Å². The van der Waals surface area contributed by atoms with E-state index in [0.717, 1.165) is 11.1 Å². The predicted octanol–water partition coefficient (Wildman–Crippen LogP) is 5.79. The van der Waals surface area contributed by atoms with Crippen LogP contribution in [0.5, 0.6) is 5.88 Å². The fourth-order valence-electron chi connectivity index (χ4n) is 4.75. The summed E-state index contributed by atoms with van der Waals surface area (Å²) in [4.78, 5) is 31.3. The maximum absolute atomic E-state index is 13.9. The quantitative estimate of drug-likeness (QED) is 0.226.